The molecule has 1 fully saturated rings. The third-order valence-corrected chi connectivity index (χ3v) is 8.43. The van der Waals surface area contributed by atoms with Crippen LogP contribution >= 0.6 is 0 Å². The fourth-order valence-corrected chi connectivity index (χ4v) is 6.25. The zero-order chi connectivity index (χ0) is 29.9. The van der Waals surface area contributed by atoms with Crippen LogP contribution in [0, 0.1) is 41.0 Å². The molecule has 0 N–H and O–H groups in total. The van der Waals surface area contributed by atoms with E-state index in [0.29, 0.717) is 30.6 Å². The molecule has 226 valence electrons. The Morgan fingerprint density at radius 3 is 1.80 bits per heavy atom. The fourth-order valence-electron chi connectivity index (χ4n) is 6.25. The first-order chi connectivity index (χ1) is 19.3. The van der Waals surface area contributed by atoms with Gasteiger partial charge in [0.25, 0.3) is 0 Å². The van der Waals surface area contributed by atoms with Gasteiger partial charge in [-0.15, -0.1) is 0 Å². The van der Waals surface area contributed by atoms with E-state index in [1.54, 1.807) is 0 Å². The average Bonchev–Trinajstić information content (AvgIpc) is 2.87. The van der Waals surface area contributed by atoms with Gasteiger partial charge in [-0.25, -0.2) is 17.6 Å². The van der Waals surface area contributed by atoms with Crippen molar-refractivity contribution in [2.24, 2.45) is 17.8 Å². The molecule has 2 aliphatic carbocycles. The summed E-state index contributed by atoms with van der Waals surface area (Å²) < 4.78 is 129. The van der Waals surface area contributed by atoms with Crippen molar-refractivity contribution in [3.05, 3.63) is 76.4 Å². The van der Waals surface area contributed by atoms with Gasteiger partial charge < -0.3 is 4.74 Å². The van der Waals surface area contributed by atoms with Crippen molar-refractivity contribution in [2.75, 3.05) is 0 Å². The molecule has 0 heterocycles. The molecule has 0 aromatic heterocycles. The van der Waals surface area contributed by atoms with Gasteiger partial charge in [0.2, 0.25) is 0 Å². The number of unbranched alkanes of at least 4 members (excludes halogenated alkanes) is 2. The molecular formula is C31H33F9O. The molecule has 2 aromatic carbocycles. The highest BCUT2D eigenvalue weighted by Gasteiger charge is 2.43. The number of benzene rings is 2. The van der Waals surface area contributed by atoms with Crippen LogP contribution in [-0.4, -0.2) is 0 Å². The molecule has 2 aromatic rings. The molecule has 10 heteroatoms. The first-order valence-corrected chi connectivity index (χ1v) is 14.1. The van der Waals surface area contributed by atoms with E-state index in [1.165, 1.54) is 25.7 Å². The van der Waals surface area contributed by atoms with E-state index >= 15 is 0 Å². The van der Waals surface area contributed by atoms with Gasteiger partial charge in [0.1, 0.15) is 40.1 Å². The maximum absolute atomic E-state index is 14.9. The van der Waals surface area contributed by atoms with Crippen molar-refractivity contribution in [1.82, 2.24) is 0 Å². The van der Waals surface area contributed by atoms with Crippen LogP contribution in [0.5, 0.6) is 5.75 Å². The number of hydrogen-bond acceptors (Lipinski definition) is 1. The van der Waals surface area contributed by atoms with Gasteiger partial charge in [-0.1, -0.05) is 38.3 Å². The van der Waals surface area contributed by atoms with Crippen molar-refractivity contribution in [3.63, 3.8) is 0 Å². The second-order valence-electron chi connectivity index (χ2n) is 11.2. The maximum Gasteiger partial charge on any atom is 0.432 e. The Morgan fingerprint density at radius 1 is 0.707 bits per heavy atom. The Bertz CT molecular complexity index is 1180. The monoisotopic (exact) mass is 592 g/mol. The Morgan fingerprint density at radius 2 is 1.29 bits per heavy atom. The molecule has 1 nitrogen and oxygen atoms in total. The maximum atomic E-state index is 14.9. The molecule has 41 heavy (non-hydrogen) atoms. The lowest BCUT2D eigenvalue weighted by molar-refractivity contribution is -0.189. The van der Waals surface area contributed by atoms with Crippen LogP contribution in [0.2, 0.25) is 0 Å². The Hall–Kier alpha value is -2.65. The third-order valence-electron chi connectivity index (χ3n) is 8.43. The summed E-state index contributed by atoms with van der Waals surface area (Å²) in [6, 6.07) is 1.37. The molecule has 2 atom stereocenters. The van der Waals surface area contributed by atoms with Crippen LogP contribution in [0.25, 0.3) is 0 Å². The molecule has 0 bridgehead atoms. The van der Waals surface area contributed by atoms with Crippen LogP contribution in [0.1, 0.15) is 93.7 Å². The second-order valence-corrected chi connectivity index (χ2v) is 11.2. The predicted molar refractivity (Wildman–Crippen MR) is 136 cm³/mol. The molecule has 1 saturated carbocycles. The first-order valence-electron chi connectivity index (χ1n) is 14.1. The normalized spacial score (nSPS) is 23.6. The van der Waals surface area contributed by atoms with Gasteiger partial charge in [-0.05, 0) is 86.3 Å². The number of alkyl halides is 5. The van der Waals surface area contributed by atoms with Crippen molar-refractivity contribution >= 4 is 0 Å². The lowest BCUT2D eigenvalue weighted by Crippen LogP contribution is -2.26. The molecule has 0 amide bonds. The molecule has 0 aliphatic heterocycles. The summed E-state index contributed by atoms with van der Waals surface area (Å²) in [5.41, 5.74) is -3.87. The van der Waals surface area contributed by atoms with E-state index in [4.69, 9.17) is 0 Å². The summed E-state index contributed by atoms with van der Waals surface area (Å²) in [5.74, 6) is -7.70. The van der Waals surface area contributed by atoms with Crippen molar-refractivity contribution in [2.45, 2.75) is 89.3 Å². The van der Waals surface area contributed by atoms with Gasteiger partial charge in [-0.2, -0.15) is 22.0 Å². The molecule has 0 radical (unpaired) electrons. The van der Waals surface area contributed by atoms with Crippen LogP contribution in [0.3, 0.4) is 0 Å². The molecule has 0 spiro atoms. The average molecular weight is 593 g/mol. The number of ether oxygens (including phenoxy) is 1. The highest BCUT2D eigenvalue weighted by atomic mass is 19.4. The van der Waals surface area contributed by atoms with Crippen molar-refractivity contribution < 1.29 is 44.3 Å². The highest BCUT2D eigenvalue weighted by Crippen LogP contribution is 2.44. The lowest BCUT2D eigenvalue weighted by Gasteiger charge is -2.35. The number of rotatable bonds is 9. The number of allylic oxidation sites excluding steroid dienone is 2. The van der Waals surface area contributed by atoms with Crippen molar-refractivity contribution in [3.8, 4) is 5.75 Å². The smallest absolute Gasteiger partial charge is 0.429 e. The van der Waals surface area contributed by atoms with Crippen LogP contribution in [0.4, 0.5) is 39.5 Å². The zero-order valence-corrected chi connectivity index (χ0v) is 22.7. The summed E-state index contributed by atoms with van der Waals surface area (Å²) in [7, 11) is 0. The minimum Gasteiger partial charge on any atom is -0.429 e. The minimum atomic E-state index is -5.42. The summed E-state index contributed by atoms with van der Waals surface area (Å²) in [6.07, 6.45) is 4.58. The van der Waals surface area contributed by atoms with Crippen LogP contribution in [0.15, 0.2) is 36.4 Å². The van der Waals surface area contributed by atoms with Crippen LogP contribution in [-0.2, 0) is 12.3 Å². The summed E-state index contributed by atoms with van der Waals surface area (Å²) in [4.78, 5) is 0. The SMILES string of the molecule is CCCCCC1C=CC(C2CCC(c3cc(F)c(C(F)(F)Oc4cc(F)c(C(F)(F)F)c(F)c4)c(F)c3)CC2)CC1. The number of halogens is 9. The van der Waals surface area contributed by atoms with Crippen LogP contribution < -0.4 is 4.74 Å². The minimum absolute atomic E-state index is 0.115. The molecule has 0 saturated heterocycles. The van der Waals surface area contributed by atoms with Gasteiger partial charge in [0, 0.05) is 12.1 Å². The molecule has 2 aliphatic rings. The largest absolute Gasteiger partial charge is 0.432 e. The topological polar surface area (TPSA) is 9.23 Å². The first kappa shape index (κ1) is 31.3. The van der Waals surface area contributed by atoms with E-state index in [2.05, 4.69) is 23.8 Å². The van der Waals surface area contributed by atoms with Gasteiger partial charge in [0.05, 0.1) is 0 Å². The van der Waals surface area contributed by atoms with Gasteiger partial charge in [-0.3, -0.25) is 0 Å². The fraction of sp³-hybridized carbons (Fsp3) is 0.548. The van der Waals surface area contributed by atoms with E-state index < -0.39 is 52.4 Å². The van der Waals surface area contributed by atoms with E-state index in [9.17, 15) is 39.5 Å². The van der Waals surface area contributed by atoms with E-state index in [0.717, 1.165) is 37.8 Å². The third kappa shape index (κ3) is 7.41. The van der Waals surface area contributed by atoms with Crippen molar-refractivity contribution in [1.29, 1.82) is 0 Å². The lowest BCUT2D eigenvalue weighted by atomic mass is 9.70. The van der Waals surface area contributed by atoms with E-state index in [1.807, 2.05) is 0 Å². The van der Waals surface area contributed by atoms with Gasteiger partial charge >= 0.3 is 12.3 Å². The molecule has 2 unspecified atom stereocenters. The molecular weight excluding hydrogens is 559 g/mol. The number of hydrogen-bond donors (Lipinski definition) is 0. The Labute approximate surface area is 233 Å². The highest BCUT2D eigenvalue weighted by molar-refractivity contribution is 5.35. The van der Waals surface area contributed by atoms with E-state index in [-0.39, 0.29) is 23.6 Å². The summed E-state index contributed by atoms with van der Waals surface area (Å²) in [5, 5.41) is 0. The summed E-state index contributed by atoms with van der Waals surface area (Å²) >= 11 is 0. The Kier molecular flexibility index (Phi) is 9.69. The predicted octanol–water partition coefficient (Wildman–Crippen LogP) is 10.8. The standard InChI is InChI=1S/C31H33F9O/c1-2-3-4-5-18-6-8-19(9-7-18)20-10-12-21(13-11-20)22-14-24(32)29(25(33)15-22)31(39,40)41-23-16-26(34)28(27(35)17-23)30(36,37)38/h6,8,14-21H,2-5,7,9-13H2,1H3. The Balaban J connectivity index is 1.41. The van der Waals surface area contributed by atoms with Gasteiger partial charge in [0.15, 0.2) is 0 Å². The molecule has 4 rings (SSSR count). The summed E-state index contributed by atoms with van der Waals surface area (Å²) in [6.45, 7) is 2.18. The second kappa shape index (κ2) is 12.7. The quantitative estimate of drug-likeness (QED) is 0.160. The zero-order valence-electron chi connectivity index (χ0n) is 22.7.